The number of aromatic nitrogens is 1. The van der Waals surface area contributed by atoms with E-state index >= 15 is 0 Å². The van der Waals surface area contributed by atoms with Crippen LogP contribution in [0.2, 0.25) is 0 Å². The highest BCUT2D eigenvalue weighted by atomic mass is 79.9. The SMILES string of the molecule is O=C(Cc1ccncc1)Nc1cccc(Br)c1. The lowest BCUT2D eigenvalue weighted by atomic mass is 10.2. The Bertz CT molecular complexity index is 514. The van der Waals surface area contributed by atoms with Crippen molar-refractivity contribution in [1.82, 2.24) is 4.98 Å². The van der Waals surface area contributed by atoms with Crippen LogP contribution in [-0.4, -0.2) is 10.9 Å². The summed E-state index contributed by atoms with van der Waals surface area (Å²) in [6.07, 6.45) is 3.72. The first kappa shape index (κ1) is 11.8. The number of carbonyl (C=O) groups is 1. The van der Waals surface area contributed by atoms with E-state index in [1.54, 1.807) is 12.4 Å². The third kappa shape index (κ3) is 3.67. The zero-order chi connectivity index (χ0) is 12.1. The zero-order valence-corrected chi connectivity index (χ0v) is 10.6. The summed E-state index contributed by atoms with van der Waals surface area (Å²) in [7, 11) is 0. The molecule has 86 valence electrons. The molecule has 0 saturated heterocycles. The number of anilines is 1. The van der Waals surface area contributed by atoms with Crippen LogP contribution >= 0.6 is 15.9 Å². The molecule has 0 atom stereocenters. The molecule has 0 saturated carbocycles. The van der Waals surface area contributed by atoms with Crippen molar-refractivity contribution in [1.29, 1.82) is 0 Å². The van der Waals surface area contributed by atoms with E-state index in [9.17, 15) is 4.79 Å². The van der Waals surface area contributed by atoms with E-state index in [-0.39, 0.29) is 5.91 Å². The average Bonchev–Trinajstić information content (AvgIpc) is 2.30. The number of pyridine rings is 1. The van der Waals surface area contributed by atoms with Crippen molar-refractivity contribution in [3.8, 4) is 0 Å². The van der Waals surface area contributed by atoms with Gasteiger partial charge in [-0.15, -0.1) is 0 Å². The molecule has 0 aliphatic carbocycles. The number of benzene rings is 1. The average molecular weight is 291 g/mol. The molecule has 0 radical (unpaired) electrons. The van der Waals surface area contributed by atoms with Crippen LogP contribution in [0.1, 0.15) is 5.56 Å². The van der Waals surface area contributed by atoms with E-state index in [1.165, 1.54) is 0 Å². The summed E-state index contributed by atoms with van der Waals surface area (Å²) in [6, 6.07) is 11.2. The molecule has 0 fully saturated rings. The van der Waals surface area contributed by atoms with Crippen molar-refractivity contribution >= 4 is 27.5 Å². The van der Waals surface area contributed by atoms with Crippen LogP contribution in [0.5, 0.6) is 0 Å². The maximum atomic E-state index is 11.7. The van der Waals surface area contributed by atoms with Crippen LogP contribution in [0, 0.1) is 0 Å². The molecule has 0 aliphatic heterocycles. The van der Waals surface area contributed by atoms with Crippen LogP contribution in [0.25, 0.3) is 0 Å². The Labute approximate surface area is 108 Å². The molecule has 0 bridgehead atoms. The number of nitrogens with one attached hydrogen (secondary N) is 1. The van der Waals surface area contributed by atoms with Crippen molar-refractivity contribution in [2.24, 2.45) is 0 Å². The van der Waals surface area contributed by atoms with Gasteiger partial charge in [0.25, 0.3) is 0 Å². The van der Waals surface area contributed by atoms with Gasteiger partial charge in [-0.3, -0.25) is 9.78 Å². The number of halogens is 1. The van der Waals surface area contributed by atoms with Crippen molar-refractivity contribution < 1.29 is 4.79 Å². The zero-order valence-electron chi connectivity index (χ0n) is 9.06. The Morgan fingerprint density at radius 2 is 2.00 bits per heavy atom. The molecule has 17 heavy (non-hydrogen) atoms. The minimum Gasteiger partial charge on any atom is -0.326 e. The smallest absolute Gasteiger partial charge is 0.228 e. The number of amides is 1. The van der Waals surface area contributed by atoms with Gasteiger partial charge in [0.2, 0.25) is 5.91 Å². The van der Waals surface area contributed by atoms with Gasteiger partial charge in [0.1, 0.15) is 0 Å². The van der Waals surface area contributed by atoms with Crippen LogP contribution in [0.3, 0.4) is 0 Å². The molecule has 1 heterocycles. The van der Waals surface area contributed by atoms with Crippen molar-refractivity contribution in [3.63, 3.8) is 0 Å². The summed E-state index contributed by atoms with van der Waals surface area (Å²) in [5, 5.41) is 2.84. The lowest BCUT2D eigenvalue weighted by Crippen LogP contribution is -2.14. The highest BCUT2D eigenvalue weighted by Gasteiger charge is 2.03. The third-order valence-electron chi connectivity index (χ3n) is 2.22. The summed E-state index contributed by atoms with van der Waals surface area (Å²) in [5.74, 6) is -0.0331. The van der Waals surface area contributed by atoms with Gasteiger partial charge in [-0.1, -0.05) is 22.0 Å². The van der Waals surface area contributed by atoms with E-state index in [1.807, 2.05) is 36.4 Å². The molecule has 1 N–H and O–H groups in total. The summed E-state index contributed by atoms with van der Waals surface area (Å²) >= 11 is 3.36. The van der Waals surface area contributed by atoms with Gasteiger partial charge in [0, 0.05) is 22.6 Å². The van der Waals surface area contributed by atoms with E-state index in [2.05, 4.69) is 26.2 Å². The van der Waals surface area contributed by atoms with Gasteiger partial charge in [-0.25, -0.2) is 0 Å². The second-order valence-corrected chi connectivity index (χ2v) is 4.51. The Morgan fingerprint density at radius 1 is 1.24 bits per heavy atom. The summed E-state index contributed by atoms with van der Waals surface area (Å²) < 4.78 is 0.944. The molecule has 0 unspecified atom stereocenters. The number of hydrogen-bond donors (Lipinski definition) is 1. The summed E-state index contributed by atoms with van der Waals surface area (Å²) in [5.41, 5.74) is 1.74. The Balaban J connectivity index is 1.98. The van der Waals surface area contributed by atoms with Gasteiger partial charge in [-0.2, -0.15) is 0 Å². The van der Waals surface area contributed by atoms with E-state index in [0.717, 1.165) is 15.7 Å². The topological polar surface area (TPSA) is 42.0 Å². The molecule has 4 heteroatoms. The number of rotatable bonds is 3. The minimum atomic E-state index is -0.0331. The van der Waals surface area contributed by atoms with Crippen molar-refractivity contribution in [2.45, 2.75) is 6.42 Å². The van der Waals surface area contributed by atoms with Crippen LogP contribution in [0.4, 0.5) is 5.69 Å². The predicted octanol–water partition coefficient (Wildman–Crippen LogP) is 3.03. The quantitative estimate of drug-likeness (QED) is 0.944. The van der Waals surface area contributed by atoms with Crippen LogP contribution in [-0.2, 0) is 11.2 Å². The molecule has 0 aliphatic rings. The van der Waals surface area contributed by atoms with Gasteiger partial charge >= 0.3 is 0 Å². The van der Waals surface area contributed by atoms with Gasteiger partial charge in [0.15, 0.2) is 0 Å². The molecule has 2 aromatic rings. The highest BCUT2D eigenvalue weighted by molar-refractivity contribution is 9.10. The first-order valence-electron chi connectivity index (χ1n) is 5.18. The Kier molecular flexibility index (Phi) is 3.88. The maximum absolute atomic E-state index is 11.7. The van der Waals surface area contributed by atoms with Crippen molar-refractivity contribution in [2.75, 3.05) is 5.32 Å². The minimum absolute atomic E-state index is 0.0331. The fourth-order valence-corrected chi connectivity index (χ4v) is 1.86. The normalized spacial score (nSPS) is 9.94. The molecular weight excluding hydrogens is 280 g/mol. The molecular formula is C13H11BrN2O. The fourth-order valence-electron chi connectivity index (χ4n) is 1.46. The maximum Gasteiger partial charge on any atom is 0.228 e. The molecule has 0 spiro atoms. The number of carbonyl (C=O) groups excluding carboxylic acids is 1. The first-order chi connectivity index (χ1) is 8.24. The van der Waals surface area contributed by atoms with E-state index < -0.39 is 0 Å². The second-order valence-electron chi connectivity index (χ2n) is 3.59. The Hall–Kier alpha value is -1.68. The predicted molar refractivity (Wildman–Crippen MR) is 70.7 cm³/mol. The lowest BCUT2D eigenvalue weighted by molar-refractivity contribution is -0.115. The van der Waals surface area contributed by atoms with Crippen LogP contribution in [0.15, 0.2) is 53.3 Å². The standard InChI is InChI=1S/C13H11BrN2O/c14-11-2-1-3-12(9-11)16-13(17)8-10-4-6-15-7-5-10/h1-7,9H,8H2,(H,16,17). The van der Waals surface area contributed by atoms with E-state index in [0.29, 0.717) is 6.42 Å². The molecule has 2 rings (SSSR count). The number of hydrogen-bond acceptors (Lipinski definition) is 2. The third-order valence-corrected chi connectivity index (χ3v) is 2.72. The molecule has 1 amide bonds. The summed E-state index contributed by atoms with van der Waals surface area (Å²) in [6.45, 7) is 0. The Morgan fingerprint density at radius 3 is 2.71 bits per heavy atom. The molecule has 1 aromatic carbocycles. The fraction of sp³-hybridized carbons (Fsp3) is 0.0769. The molecule has 1 aromatic heterocycles. The highest BCUT2D eigenvalue weighted by Crippen LogP contribution is 2.15. The second kappa shape index (κ2) is 5.59. The first-order valence-corrected chi connectivity index (χ1v) is 5.97. The largest absolute Gasteiger partial charge is 0.326 e. The van der Waals surface area contributed by atoms with Gasteiger partial charge < -0.3 is 5.32 Å². The van der Waals surface area contributed by atoms with Crippen LogP contribution < -0.4 is 5.32 Å². The lowest BCUT2D eigenvalue weighted by Gasteiger charge is -2.05. The summed E-state index contributed by atoms with van der Waals surface area (Å²) in [4.78, 5) is 15.7. The van der Waals surface area contributed by atoms with Crippen molar-refractivity contribution in [3.05, 3.63) is 58.8 Å². The number of nitrogens with zero attached hydrogens (tertiary/aromatic N) is 1. The van der Waals surface area contributed by atoms with Gasteiger partial charge in [0.05, 0.1) is 6.42 Å². The molecule has 3 nitrogen and oxygen atoms in total. The van der Waals surface area contributed by atoms with Gasteiger partial charge in [-0.05, 0) is 35.9 Å². The monoisotopic (exact) mass is 290 g/mol. The van der Waals surface area contributed by atoms with E-state index in [4.69, 9.17) is 0 Å².